The van der Waals surface area contributed by atoms with Crippen LogP contribution in [-0.2, 0) is 0 Å². The predicted molar refractivity (Wildman–Crippen MR) is 91.8 cm³/mol. The second-order valence-corrected chi connectivity index (χ2v) is 5.84. The van der Waals surface area contributed by atoms with Crippen LogP contribution in [0.1, 0.15) is 10.4 Å². The number of nitrogens with zero attached hydrogens (tertiary/aromatic N) is 1. The van der Waals surface area contributed by atoms with Crippen molar-refractivity contribution in [2.75, 3.05) is 5.75 Å². The van der Waals surface area contributed by atoms with Gasteiger partial charge in [0.05, 0.1) is 11.4 Å². The largest absolute Gasteiger partial charge is 0.301 e. The summed E-state index contributed by atoms with van der Waals surface area (Å²) in [5.41, 5.74) is 1.90. The maximum atomic E-state index is 12.1. The van der Waals surface area contributed by atoms with Crippen molar-refractivity contribution >= 4 is 17.5 Å². The van der Waals surface area contributed by atoms with E-state index in [-0.39, 0.29) is 17.1 Å². The molecule has 23 heavy (non-hydrogen) atoms. The molecular formula is C18H14N2O2S. The third kappa shape index (κ3) is 3.96. The van der Waals surface area contributed by atoms with Crippen LogP contribution in [0.5, 0.6) is 0 Å². The number of carbonyl (C=O) groups excluding carboxylic acids is 1. The lowest BCUT2D eigenvalue weighted by molar-refractivity contribution is 0.102. The molecule has 0 amide bonds. The van der Waals surface area contributed by atoms with Crippen LogP contribution in [0.25, 0.3) is 11.3 Å². The molecule has 4 nitrogen and oxygen atoms in total. The van der Waals surface area contributed by atoms with E-state index in [1.54, 1.807) is 12.1 Å². The number of benzene rings is 2. The van der Waals surface area contributed by atoms with Crippen molar-refractivity contribution in [2.24, 2.45) is 0 Å². The van der Waals surface area contributed by atoms with Crippen LogP contribution >= 0.6 is 11.8 Å². The molecule has 0 aliphatic carbocycles. The van der Waals surface area contributed by atoms with E-state index in [1.165, 1.54) is 17.8 Å². The lowest BCUT2D eigenvalue weighted by Crippen LogP contribution is -2.10. The normalized spacial score (nSPS) is 10.4. The lowest BCUT2D eigenvalue weighted by Gasteiger charge is -2.04. The van der Waals surface area contributed by atoms with Gasteiger partial charge in [0.15, 0.2) is 10.9 Å². The number of ketones is 1. The molecule has 1 N–H and O–H groups in total. The van der Waals surface area contributed by atoms with Gasteiger partial charge in [-0.2, -0.15) is 0 Å². The molecule has 0 aliphatic heterocycles. The van der Waals surface area contributed by atoms with E-state index in [2.05, 4.69) is 9.97 Å². The van der Waals surface area contributed by atoms with Gasteiger partial charge in [0.1, 0.15) is 0 Å². The molecule has 0 unspecified atom stereocenters. The first kappa shape index (κ1) is 15.2. The molecule has 1 aromatic heterocycles. The van der Waals surface area contributed by atoms with Gasteiger partial charge < -0.3 is 4.98 Å². The SMILES string of the molecule is O=C(CSc1nc(-c2ccccc2)cc(=O)[nH]1)c1ccccc1. The lowest BCUT2D eigenvalue weighted by atomic mass is 10.1. The monoisotopic (exact) mass is 322 g/mol. The number of hydrogen-bond acceptors (Lipinski definition) is 4. The van der Waals surface area contributed by atoms with Crippen molar-refractivity contribution in [3.8, 4) is 11.3 Å². The van der Waals surface area contributed by atoms with Gasteiger partial charge in [0.2, 0.25) is 0 Å². The maximum Gasteiger partial charge on any atom is 0.252 e. The van der Waals surface area contributed by atoms with Crippen LogP contribution in [0.2, 0.25) is 0 Å². The molecule has 3 rings (SSSR count). The standard InChI is InChI=1S/C18H14N2O2S/c21-16(14-9-5-2-6-10-14)12-23-18-19-15(11-17(22)20-18)13-7-3-1-4-8-13/h1-11H,12H2,(H,19,20,22). The zero-order chi connectivity index (χ0) is 16.1. The minimum Gasteiger partial charge on any atom is -0.301 e. The fraction of sp³-hybridized carbons (Fsp3) is 0.0556. The summed E-state index contributed by atoms with van der Waals surface area (Å²) in [6.07, 6.45) is 0. The van der Waals surface area contributed by atoms with E-state index in [0.29, 0.717) is 16.4 Å². The fourth-order valence-corrected chi connectivity index (χ4v) is 2.87. The van der Waals surface area contributed by atoms with Gasteiger partial charge in [-0.25, -0.2) is 4.98 Å². The van der Waals surface area contributed by atoms with Crippen molar-refractivity contribution in [3.63, 3.8) is 0 Å². The number of carbonyl (C=O) groups is 1. The van der Waals surface area contributed by atoms with E-state index in [4.69, 9.17) is 0 Å². The summed E-state index contributed by atoms with van der Waals surface area (Å²) >= 11 is 1.23. The minimum absolute atomic E-state index is 0.00311. The average Bonchev–Trinajstić information content (AvgIpc) is 2.61. The number of H-pyrrole nitrogens is 1. The van der Waals surface area contributed by atoms with Gasteiger partial charge in [0, 0.05) is 17.2 Å². The molecule has 5 heteroatoms. The highest BCUT2D eigenvalue weighted by atomic mass is 32.2. The van der Waals surface area contributed by atoms with E-state index >= 15 is 0 Å². The molecule has 1 heterocycles. The van der Waals surface area contributed by atoms with Gasteiger partial charge >= 0.3 is 0 Å². The van der Waals surface area contributed by atoms with Gasteiger partial charge in [-0.15, -0.1) is 0 Å². The number of Topliss-reactive ketones (excluding diaryl/α,β-unsaturated/α-hetero) is 1. The first-order valence-electron chi connectivity index (χ1n) is 7.10. The Hall–Kier alpha value is -2.66. The van der Waals surface area contributed by atoms with Crippen LogP contribution in [-0.4, -0.2) is 21.5 Å². The van der Waals surface area contributed by atoms with Crippen LogP contribution in [0.15, 0.2) is 76.7 Å². The maximum absolute atomic E-state index is 12.1. The molecule has 3 aromatic rings. The molecule has 0 saturated heterocycles. The van der Waals surface area contributed by atoms with Crippen molar-refractivity contribution in [1.82, 2.24) is 9.97 Å². The highest BCUT2D eigenvalue weighted by molar-refractivity contribution is 7.99. The Bertz CT molecular complexity index is 861. The highest BCUT2D eigenvalue weighted by Gasteiger charge is 2.09. The number of aromatic amines is 1. The van der Waals surface area contributed by atoms with E-state index in [1.807, 2.05) is 48.5 Å². The third-order valence-electron chi connectivity index (χ3n) is 3.23. The minimum atomic E-state index is -0.228. The van der Waals surface area contributed by atoms with E-state index in [0.717, 1.165) is 5.56 Å². The Labute approximate surface area is 137 Å². The summed E-state index contributed by atoms with van der Waals surface area (Å²) < 4.78 is 0. The summed E-state index contributed by atoms with van der Waals surface area (Å²) in [6.45, 7) is 0. The van der Waals surface area contributed by atoms with Crippen molar-refractivity contribution in [3.05, 3.63) is 82.6 Å². The molecule has 0 aliphatic rings. The summed E-state index contributed by atoms with van der Waals surface area (Å²) in [5.74, 6) is 0.230. The van der Waals surface area contributed by atoms with E-state index in [9.17, 15) is 9.59 Å². The Morgan fingerprint density at radius 1 is 1.00 bits per heavy atom. The van der Waals surface area contributed by atoms with Crippen LogP contribution in [0.3, 0.4) is 0 Å². The van der Waals surface area contributed by atoms with Crippen molar-refractivity contribution in [2.45, 2.75) is 5.16 Å². The topological polar surface area (TPSA) is 62.8 Å². The number of nitrogens with one attached hydrogen (secondary N) is 1. The third-order valence-corrected chi connectivity index (χ3v) is 4.10. The first-order chi connectivity index (χ1) is 11.2. The van der Waals surface area contributed by atoms with Crippen LogP contribution in [0, 0.1) is 0 Å². The number of hydrogen-bond donors (Lipinski definition) is 1. The molecule has 0 radical (unpaired) electrons. The Morgan fingerprint density at radius 3 is 2.35 bits per heavy atom. The summed E-state index contributed by atoms with van der Waals surface area (Å²) in [4.78, 5) is 31.0. The van der Waals surface area contributed by atoms with Gasteiger partial charge in [-0.3, -0.25) is 9.59 Å². The molecule has 0 spiro atoms. The zero-order valence-electron chi connectivity index (χ0n) is 12.2. The van der Waals surface area contributed by atoms with Gasteiger partial charge in [-0.05, 0) is 0 Å². The summed E-state index contributed by atoms with van der Waals surface area (Å²) in [5, 5.41) is 0.445. The number of aromatic nitrogens is 2. The smallest absolute Gasteiger partial charge is 0.252 e. The molecule has 0 bridgehead atoms. The molecule has 114 valence electrons. The van der Waals surface area contributed by atoms with E-state index < -0.39 is 0 Å². The summed E-state index contributed by atoms with van der Waals surface area (Å²) in [7, 11) is 0. The quantitative estimate of drug-likeness (QED) is 0.444. The second-order valence-electron chi connectivity index (χ2n) is 4.88. The molecule has 0 fully saturated rings. The Balaban J connectivity index is 1.77. The Morgan fingerprint density at radius 2 is 1.65 bits per heavy atom. The number of rotatable bonds is 5. The molecule has 0 atom stereocenters. The fourth-order valence-electron chi connectivity index (χ4n) is 2.10. The van der Waals surface area contributed by atoms with Gasteiger partial charge in [0.25, 0.3) is 5.56 Å². The molecule has 0 saturated carbocycles. The van der Waals surface area contributed by atoms with Crippen LogP contribution < -0.4 is 5.56 Å². The Kier molecular flexibility index (Phi) is 4.68. The molecular weight excluding hydrogens is 308 g/mol. The molecule has 2 aromatic carbocycles. The van der Waals surface area contributed by atoms with Crippen molar-refractivity contribution in [1.29, 1.82) is 0 Å². The highest BCUT2D eigenvalue weighted by Crippen LogP contribution is 2.19. The van der Waals surface area contributed by atoms with Crippen LogP contribution in [0.4, 0.5) is 0 Å². The first-order valence-corrected chi connectivity index (χ1v) is 8.09. The van der Waals surface area contributed by atoms with Crippen molar-refractivity contribution < 1.29 is 4.79 Å². The average molecular weight is 322 g/mol. The summed E-state index contributed by atoms with van der Waals surface area (Å²) in [6, 6.07) is 20.0. The second kappa shape index (κ2) is 7.07. The van der Waals surface area contributed by atoms with Gasteiger partial charge in [-0.1, -0.05) is 72.4 Å². The number of thioether (sulfide) groups is 1. The predicted octanol–water partition coefficient (Wildman–Crippen LogP) is 3.41. The zero-order valence-corrected chi connectivity index (χ0v) is 13.0.